The third-order valence-electron chi connectivity index (χ3n) is 3.58. The maximum absolute atomic E-state index is 12.5. The molecule has 2 aromatic carbocycles. The molecule has 0 spiro atoms. The van der Waals surface area contributed by atoms with Crippen molar-refractivity contribution >= 4 is 17.5 Å². The number of amides is 2. The zero-order valence-electron chi connectivity index (χ0n) is 14.4. The summed E-state index contributed by atoms with van der Waals surface area (Å²) in [6, 6.07) is 17.0. The molecule has 0 radical (unpaired) electrons. The Kier molecular flexibility index (Phi) is 5.56. The van der Waals surface area contributed by atoms with E-state index in [1.54, 1.807) is 42.5 Å². The molecule has 0 atom stereocenters. The number of nitrogens with one attached hydrogen (secondary N) is 2. The molecule has 28 heavy (non-hydrogen) atoms. The third-order valence-corrected chi connectivity index (χ3v) is 3.58. The lowest BCUT2D eigenvalue weighted by molar-refractivity contribution is -0.384. The molecule has 1 aromatic heterocycles. The van der Waals surface area contributed by atoms with Gasteiger partial charge in [-0.3, -0.25) is 35.5 Å². The summed E-state index contributed by atoms with van der Waals surface area (Å²) in [5, 5.41) is 11.1. The summed E-state index contributed by atoms with van der Waals surface area (Å²) in [5.41, 5.74) is 4.12. The number of pyridine rings is 1. The number of nitrogens with zero attached hydrogens (tertiary/aromatic N) is 2. The van der Waals surface area contributed by atoms with Crippen molar-refractivity contribution in [3.8, 4) is 11.5 Å². The lowest BCUT2D eigenvalue weighted by Gasteiger charge is -2.12. The van der Waals surface area contributed by atoms with Crippen molar-refractivity contribution in [3.05, 3.63) is 94.3 Å². The van der Waals surface area contributed by atoms with Gasteiger partial charge in [-0.1, -0.05) is 24.3 Å². The first-order valence-electron chi connectivity index (χ1n) is 8.07. The minimum atomic E-state index is -0.779. The predicted octanol–water partition coefficient (Wildman–Crippen LogP) is 2.86. The maximum atomic E-state index is 12.5. The fourth-order valence-corrected chi connectivity index (χ4v) is 2.26. The highest BCUT2D eigenvalue weighted by Crippen LogP contribution is 2.28. The number of para-hydroxylation sites is 1. The van der Waals surface area contributed by atoms with Crippen LogP contribution in [0.4, 0.5) is 5.69 Å². The van der Waals surface area contributed by atoms with Gasteiger partial charge >= 0.3 is 0 Å². The number of benzene rings is 2. The number of ether oxygens (including phenoxy) is 1. The monoisotopic (exact) mass is 378 g/mol. The molecular formula is C19H14N4O5. The van der Waals surface area contributed by atoms with Crippen LogP contribution in [-0.2, 0) is 0 Å². The molecule has 2 amide bonds. The number of carbonyl (C=O) groups is 2. The number of non-ortho nitro benzene ring substituents is 1. The molecule has 0 aliphatic heterocycles. The average Bonchev–Trinajstić information content (AvgIpc) is 2.73. The van der Waals surface area contributed by atoms with E-state index in [4.69, 9.17) is 4.74 Å². The van der Waals surface area contributed by atoms with Crippen LogP contribution in [0.2, 0.25) is 0 Å². The molecule has 0 fully saturated rings. The smallest absolute Gasteiger partial charge is 0.288 e. The number of hydrogen-bond donors (Lipinski definition) is 2. The molecule has 0 saturated heterocycles. The van der Waals surface area contributed by atoms with E-state index in [1.807, 2.05) is 0 Å². The van der Waals surface area contributed by atoms with Gasteiger partial charge in [-0.15, -0.1) is 0 Å². The van der Waals surface area contributed by atoms with E-state index >= 15 is 0 Å². The molecule has 140 valence electrons. The minimum Gasteiger partial charge on any atom is -0.457 e. The fraction of sp³-hybridized carbons (Fsp3) is 0. The van der Waals surface area contributed by atoms with Gasteiger partial charge in [0.2, 0.25) is 0 Å². The van der Waals surface area contributed by atoms with Crippen LogP contribution in [0.15, 0.2) is 72.9 Å². The molecule has 3 rings (SSSR count). The van der Waals surface area contributed by atoms with E-state index in [-0.39, 0.29) is 22.7 Å². The lowest BCUT2D eigenvalue weighted by atomic mass is 10.1. The van der Waals surface area contributed by atoms with Gasteiger partial charge in [0.05, 0.1) is 10.5 Å². The highest BCUT2D eigenvalue weighted by Gasteiger charge is 2.19. The molecule has 9 heteroatoms. The molecule has 0 bridgehead atoms. The molecular weight excluding hydrogens is 364 g/mol. The molecule has 1 heterocycles. The third kappa shape index (κ3) is 4.47. The van der Waals surface area contributed by atoms with Crippen molar-refractivity contribution in [1.82, 2.24) is 15.8 Å². The number of nitro groups is 1. The largest absolute Gasteiger partial charge is 0.457 e. The topological polar surface area (TPSA) is 123 Å². The summed E-state index contributed by atoms with van der Waals surface area (Å²) in [5.74, 6) is -0.867. The van der Waals surface area contributed by atoms with Gasteiger partial charge < -0.3 is 4.74 Å². The van der Waals surface area contributed by atoms with Crippen LogP contribution in [0, 0.1) is 10.1 Å². The van der Waals surface area contributed by atoms with E-state index in [0.717, 1.165) is 6.07 Å². The minimum absolute atomic E-state index is 0.0985. The summed E-state index contributed by atoms with van der Waals surface area (Å²) in [4.78, 5) is 38.8. The van der Waals surface area contributed by atoms with Crippen molar-refractivity contribution in [2.24, 2.45) is 0 Å². The first kappa shape index (κ1) is 18.5. The Balaban J connectivity index is 1.81. The molecule has 0 saturated carbocycles. The highest BCUT2D eigenvalue weighted by atomic mass is 16.6. The standard InChI is InChI=1S/C19H14N4O5/c24-18(21-22-19(25)16-8-4-5-11-20-16)15-12-13(23(26)27)9-10-17(15)28-14-6-2-1-3-7-14/h1-12H,(H,21,24)(H,22,25). The average molecular weight is 378 g/mol. The predicted molar refractivity (Wildman–Crippen MR) is 98.8 cm³/mol. The van der Waals surface area contributed by atoms with Crippen LogP contribution in [0.3, 0.4) is 0 Å². The van der Waals surface area contributed by atoms with Crippen molar-refractivity contribution < 1.29 is 19.2 Å². The van der Waals surface area contributed by atoms with Crippen molar-refractivity contribution in [2.75, 3.05) is 0 Å². The number of aromatic nitrogens is 1. The zero-order valence-corrected chi connectivity index (χ0v) is 14.4. The summed E-state index contributed by atoms with van der Waals surface area (Å²) in [6.45, 7) is 0. The van der Waals surface area contributed by atoms with Crippen LogP contribution in [-0.4, -0.2) is 21.7 Å². The second-order valence-corrected chi connectivity index (χ2v) is 5.48. The van der Waals surface area contributed by atoms with Crippen LogP contribution >= 0.6 is 0 Å². The Bertz CT molecular complexity index is 1010. The van der Waals surface area contributed by atoms with Crippen LogP contribution < -0.4 is 15.6 Å². The van der Waals surface area contributed by atoms with Crippen LogP contribution in [0.25, 0.3) is 0 Å². The molecule has 3 aromatic rings. The second-order valence-electron chi connectivity index (χ2n) is 5.48. The Labute approximate surface area is 159 Å². The first-order valence-corrected chi connectivity index (χ1v) is 8.07. The van der Waals surface area contributed by atoms with Gasteiger partial charge in [0.15, 0.2) is 0 Å². The van der Waals surface area contributed by atoms with E-state index in [9.17, 15) is 19.7 Å². The zero-order chi connectivity index (χ0) is 19.9. The van der Waals surface area contributed by atoms with Gasteiger partial charge in [-0.05, 0) is 30.3 Å². The van der Waals surface area contributed by atoms with E-state index < -0.39 is 16.7 Å². The Hall–Kier alpha value is -4.27. The maximum Gasteiger partial charge on any atom is 0.288 e. The summed E-state index contributed by atoms with van der Waals surface area (Å²) >= 11 is 0. The number of nitro benzene ring substituents is 1. The lowest BCUT2D eigenvalue weighted by Crippen LogP contribution is -2.42. The van der Waals surface area contributed by atoms with Crippen LogP contribution in [0.5, 0.6) is 11.5 Å². The number of hydrogen-bond acceptors (Lipinski definition) is 6. The second kappa shape index (κ2) is 8.41. The van der Waals surface area contributed by atoms with Crippen LogP contribution in [0.1, 0.15) is 20.8 Å². The molecule has 0 aliphatic rings. The van der Waals surface area contributed by atoms with Gasteiger partial charge in [0.1, 0.15) is 17.2 Å². The fourth-order valence-electron chi connectivity index (χ4n) is 2.26. The van der Waals surface area contributed by atoms with Gasteiger partial charge in [-0.25, -0.2) is 0 Å². The molecule has 0 unspecified atom stereocenters. The Morgan fingerprint density at radius 2 is 1.64 bits per heavy atom. The highest BCUT2D eigenvalue weighted by molar-refractivity contribution is 6.00. The van der Waals surface area contributed by atoms with E-state index in [2.05, 4.69) is 15.8 Å². The normalized spacial score (nSPS) is 10.0. The Morgan fingerprint density at radius 3 is 2.32 bits per heavy atom. The Morgan fingerprint density at radius 1 is 0.929 bits per heavy atom. The van der Waals surface area contributed by atoms with Gasteiger partial charge in [-0.2, -0.15) is 0 Å². The van der Waals surface area contributed by atoms with Crippen molar-refractivity contribution in [1.29, 1.82) is 0 Å². The van der Waals surface area contributed by atoms with Crippen molar-refractivity contribution in [2.45, 2.75) is 0 Å². The summed E-state index contributed by atoms with van der Waals surface area (Å²) in [7, 11) is 0. The number of rotatable bonds is 5. The number of carbonyl (C=O) groups excluding carboxylic acids is 2. The molecule has 0 aliphatic carbocycles. The van der Waals surface area contributed by atoms with Gasteiger partial charge in [0, 0.05) is 18.3 Å². The quantitative estimate of drug-likeness (QED) is 0.520. The molecule has 2 N–H and O–H groups in total. The van der Waals surface area contributed by atoms with Gasteiger partial charge in [0.25, 0.3) is 17.5 Å². The number of hydrazine groups is 1. The summed E-state index contributed by atoms with van der Waals surface area (Å²) in [6.07, 6.45) is 1.43. The SMILES string of the molecule is O=C(NNC(=O)c1cc([N+](=O)[O-])ccc1Oc1ccccc1)c1ccccn1. The summed E-state index contributed by atoms with van der Waals surface area (Å²) < 4.78 is 5.65. The molecule has 9 nitrogen and oxygen atoms in total. The van der Waals surface area contributed by atoms with Crippen molar-refractivity contribution in [3.63, 3.8) is 0 Å². The van der Waals surface area contributed by atoms with E-state index in [0.29, 0.717) is 5.75 Å². The van der Waals surface area contributed by atoms with E-state index in [1.165, 1.54) is 24.4 Å². The first-order chi connectivity index (χ1) is 13.5.